The highest BCUT2D eigenvalue weighted by Gasteiger charge is 2.43. The zero-order valence-corrected chi connectivity index (χ0v) is 12.2. The smallest absolute Gasteiger partial charge is 0.333 e. The molecule has 0 atom stereocenters. The second-order valence-electron chi connectivity index (χ2n) is 4.26. The molecule has 0 spiro atoms. The number of unbranched alkanes of at least 4 members (excludes halogenated alkanes) is 1. The van der Waals surface area contributed by atoms with Crippen molar-refractivity contribution >= 4 is 15.2 Å². The Kier molecular flexibility index (Phi) is 5.50. The summed E-state index contributed by atoms with van der Waals surface area (Å²) in [4.78, 5) is 40.3. The lowest BCUT2D eigenvalue weighted by Crippen LogP contribution is -2.18. The van der Waals surface area contributed by atoms with Crippen molar-refractivity contribution in [2.45, 2.75) is 38.1 Å². The molecule has 0 fully saturated rings. The topological polar surface area (TPSA) is 133 Å². The van der Waals surface area contributed by atoms with Crippen LogP contribution in [0.15, 0.2) is 12.4 Å². The molecular weight excluding hydrogens is 294 g/mol. The van der Waals surface area contributed by atoms with E-state index in [4.69, 9.17) is 19.6 Å². The molecule has 0 aliphatic carbocycles. The average Bonchev–Trinajstić information content (AvgIpc) is 2.67. The summed E-state index contributed by atoms with van der Waals surface area (Å²) in [5, 5.41) is -2.03. The molecule has 4 N–H and O–H groups in total. The van der Waals surface area contributed by atoms with Gasteiger partial charge in [0.25, 0.3) is 0 Å². The fourth-order valence-corrected chi connectivity index (χ4v) is 4.00. The monoisotopic (exact) mass is 312 g/mol. The van der Waals surface area contributed by atoms with E-state index in [1.807, 2.05) is 6.92 Å². The van der Waals surface area contributed by atoms with Crippen LogP contribution in [0, 0.1) is 0 Å². The van der Waals surface area contributed by atoms with Crippen LogP contribution < -0.4 is 0 Å². The second-order valence-corrected chi connectivity index (χ2v) is 8.27. The van der Waals surface area contributed by atoms with E-state index in [9.17, 15) is 9.13 Å². The number of aromatic nitrogens is 2. The Labute approximate surface area is 110 Å². The summed E-state index contributed by atoms with van der Waals surface area (Å²) in [6.45, 7) is 1.54. The lowest BCUT2D eigenvalue weighted by molar-refractivity contribution is 0.331. The highest BCUT2D eigenvalue weighted by atomic mass is 31.2. The van der Waals surface area contributed by atoms with Crippen molar-refractivity contribution in [3.63, 3.8) is 0 Å². The third-order valence-corrected chi connectivity index (χ3v) is 6.38. The van der Waals surface area contributed by atoms with Crippen molar-refractivity contribution < 1.29 is 28.7 Å². The summed E-state index contributed by atoms with van der Waals surface area (Å²) in [6.07, 6.45) is 5.27. The van der Waals surface area contributed by atoms with Gasteiger partial charge in [-0.2, -0.15) is 0 Å². The molecule has 19 heavy (non-hydrogen) atoms. The Hall–Kier alpha value is -0.490. The van der Waals surface area contributed by atoms with Gasteiger partial charge in [0, 0.05) is 25.4 Å². The fourth-order valence-electron chi connectivity index (χ4n) is 1.65. The summed E-state index contributed by atoms with van der Waals surface area (Å²) in [7, 11) is -9.79. The molecule has 0 aliphatic heterocycles. The Morgan fingerprint density at radius 1 is 1.26 bits per heavy atom. The Bertz CT molecular complexity index is 483. The lowest BCUT2D eigenvalue weighted by Gasteiger charge is -2.20. The largest absolute Gasteiger partial charge is 0.342 e. The minimum atomic E-state index is -4.90. The molecule has 0 aromatic carbocycles. The highest BCUT2D eigenvalue weighted by Crippen LogP contribution is 2.60. The van der Waals surface area contributed by atoms with Gasteiger partial charge in [-0.25, -0.2) is 4.98 Å². The minimum absolute atomic E-state index is 0.451. The van der Waals surface area contributed by atoms with Crippen LogP contribution in [0.4, 0.5) is 0 Å². The molecule has 1 heterocycles. The molecule has 1 aromatic rings. The molecule has 0 saturated heterocycles. The molecule has 0 unspecified atom stereocenters. The van der Waals surface area contributed by atoms with Gasteiger partial charge in [0.1, 0.15) is 5.82 Å². The van der Waals surface area contributed by atoms with Gasteiger partial charge in [-0.15, -0.1) is 0 Å². The maximum Gasteiger partial charge on any atom is 0.342 e. The number of hydrogen-bond acceptors (Lipinski definition) is 3. The van der Waals surface area contributed by atoms with E-state index in [1.54, 1.807) is 0 Å². The van der Waals surface area contributed by atoms with Crippen molar-refractivity contribution in [1.29, 1.82) is 0 Å². The molecular formula is C9H18N2O6P2. The van der Waals surface area contributed by atoms with Crippen molar-refractivity contribution in [3.8, 4) is 0 Å². The summed E-state index contributed by atoms with van der Waals surface area (Å²) in [5.74, 6) is 0.564. The van der Waals surface area contributed by atoms with Crippen LogP contribution >= 0.6 is 15.2 Å². The number of rotatable bonds is 7. The first kappa shape index (κ1) is 16.6. The quantitative estimate of drug-likeness (QED) is 0.550. The maximum absolute atomic E-state index is 11.2. The number of nitrogens with zero attached hydrogens (tertiary/aromatic N) is 2. The normalized spacial score (nSPS) is 13.2. The van der Waals surface area contributed by atoms with Gasteiger partial charge in [-0.1, -0.05) is 13.3 Å². The first-order valence-electron chi connectivity index (χ1n) is 5.76. The van der Waals surface area contributed by atoms with Gasteiger partial charge in [0.05, 0.1) is 0 Å². The first-order chi connectivity index (χ1) is 8.66. The first-order valence-corrected chi connectivity index (χ1v) is 9.13. The third kappa shape index (κ3) is 4.84. The number of hydrogen-bond donors (Lipinski definition) is 4. The van der Waals surface area contributed by atoms with Gasteiger partial charge in [-0.05, 0) is 6.42 Å². The van der Waals surface area contributed by atoms with Crippen LogP contribution in [-0.2, 0) is 22.1 Å². The summed E-state index contributed by atoms with van der Waals surface area (Å²) in [5.41, 5.74) is 0. The zero-order chi connectivity index (χ0) is 14.7. The van der Waals surface area contributed by atoms with Gasteiger partial charge in [0.15, 0.2) is 5.40 Å². The Morgan fingerprint density at radius 3 is 2.32 bits per heavy atom. The molecule has 1 rings (SSSR count). The molecule has 0 amide bonds. The van der Waals surface area contributed by atoms with Gasteiger partial charge in [-0.3, -0.25) is 9.13 Å². The van der Waals surface area contributed by atoms with E-state index in [0.717, 1.165) is 12.8 Å². The van der Waals surface area contributed by atoms with Crippen LogP contribution in [0.5, 0.6) is 0 Å². The molecule has 0 bridgehead atoms. The summed E-state index contributed by atoms with van der Waals surface area (Å²) in [6, 6.07) is 0. The fraction of sp³-hybridized carbons (Fsp3) is 0.667. The molecule has 8 nitrogen and oxygen atoms in total. The van der Waals surface area contributed by atoms with Crippen LogP contribution in [0.3, 0.4) is 0 Å². The molecule has 110 valence electrons. The number of imidazole rings is 1. The molecule has 10 heteroatoms. The third-order valence-electron chi connectivity index (χ3n) is 2.69. The Morgan fingerprint density at radius 2 is 1.84 bits per heavy atom. The van der Waals surface area contributed by atoms with Gasteiger partial charge in [0.2, 0.25) is 0 Å². The van der Waals surface area contributed by atoms with E-state index in [1.165, 1.54) is 17.0 Å². The zero-order valence-electron chi connectivity index (χ0n) is 10.5. The van der Waals surface area contributed by atoms with E-state index < -0.39 is 27.1 Å². The van der Waals surface area contributed by atoms with E-state index >= 15 is 0 Å². The van der Waals surface area contributed by atoms with Crippen molar-refractivity contribution in [3.05, 3.63) is 18.2 Å². The Balaban J connectivity index is 2.95. The van der Waals surface area contributed by atoms with Gasteiger partial charge >= 0.3 is 15.2 Å². The molecule has 1 aromatic heterocycles. The summed E-state index contributed by atoms with van der Waals surface area (Å²) >= 11 is 0. The van der Waals surface area contributed by atoms with Gasteiger partial charge < -0.3 is 24.1 Å². The van der Waals surface area contributed by atoms with Crippen LogP contribution in [-0.4, -0.2) is 34.5 Å². The lowest BCUT2D eigenvalue weighted by atomic mass is 10.2. The molecule has 0 aliphatic rings. The van der Waals surface area contributed by atoms with Crippen molar-refractivity contribution in [2.24, 2.45) is 0 Å². The molecule has 0 saturated carbocycles. The highest BCUT2D eigenvalue weighted by molar-refractivity contribution is 7.70. The number of aryl methyl sites for hydroxylation is 1. The van der Waals surface area contributed by atoms with Crippen LogP contribution in [0.1, 0.15) is 25.6 Å². The van der Waals surface area contributed by atoms with Crippen LogP contribution in [0.25, 0.3) is 0 Å². The second kappa shape index (κ2) is 6.31. The molecule has 0 radical (unpaired) electrons. The predicted molar refractivity (Wildman–Crippen MR) is 68.7 cm³/mol. The SMILES string of the molecule is CCCCc1nccn1CC(P(=O)(O)O)P(=O)(O)O. The van der Waals surface area contributed by atoms with Crippen molar-refractivity contribution in [2.75, 3.05) is 0 Å². The standard InChI is InChI=1S/C9H18N2O6P2/c1-2-3-4-8-10-5-6-11(8)7-9(18(12,13)14)19(15,16)17/h5-6,9H,2-4,7H2,1H3,(H2,12,13,14)(H2,15,16,17). The minimum Gasteiger partial charge on any atom is -0.333 e. The van der Waals surface area contributed by atoms with Crippen LogP contribution in [0.2, 0.25) is 0 Å². The van der Waals surface area contributed by atoms with Crippen molar-refractivity contribution in [1.82, 2.24) is 9.55 Å². The van der Waals surface area contributed by atoms with E-state index in [-0.39, 0.29) is 0 Å². The average molecular weight is 312 g/mol. The maximum atomic E-state index is 11.2. The van der Waals surface area contributed by atoms with E-state index in [0.29, 0.717) is 12.2 Å². The predicted octanol–water partition coefficient (Wildman–Crippen LogP) is 0.907. The summed E-state index contributed by atoms with van der Waals surface area (Å²) < 4.78 is 23.8. The van der Waals surface area contributed by atoms with E-state index in [2.05, 4.69) is 4.98 Å².